The minimum absolute atomic E-state index is 0.0497. The summed E-state index contributed by atoms with van der Waals surface area (Å²) in [6, 6.07) is 0. The van der Waals surface area contributed by atoms with Crippen molar-refractivity contribution in [1.82, 2.24) is 10.2 Å². The molecule has 0 aromatic rings. The zero-order chi connectivity index (χ0) is 10.3. The first-order chi connectivity index (χ1) is 6.06. The van der Waals surface area contributed by atoms with E-state index < -0.39 is 6.10 Å². The Morgan fingerprint density at radius 1 is 1.62 bits per heavy atom. The number of likely N-dealkylation sites (N-methyl/N-ethyl adjacent to an activating group) is 1. The number of hydrogen-bond donors (Lipinski definition) is 3. The van der Waals surface area contributed by atoms with E-state index in [-0.39, 0.29) is 25.6 Å². The third kappa shape index (κ3) is 7.70. The molecule has 3 N–H and O–H groups in total. The third-order valence-corrected chi connectivity index (χ3v) is 1.42. The van der Waals surface area contributed by atoms with Crippen molar-refractivity contribution in [3.8, 4) is 0 Å². The second-order valence-electron chi connectivity index (χ2n) is 3.12. The number of carbonyl (C=O) groups is 1. The number of nitrogens with one attached hydrogen (secondary N) is 1. The monoisotopic (exact) mass is 190 g/mol. The molecule has 0 aliphatic heterocycles. The van der Waals surface area contributed by atoms with E-state index in [1.54, 1.807) is 18.9 Å². The standard InChI is InChI=1S/C8H18N2O3/c1-7(12)5-10(2)6-8(13)9-3-4-11/h7,11-12H,3-6H2,1-2H3,(H,9,13). The molecule has 1 atom stereocenters. The van der Waals surface area contributed by atoms with Gasteiger partial charge in [0.15, 0.2) is 0 Å². The highest BCUT2D eigenvalue weighted by Gasteiger charge is 2.07. The minimum atomic E-state index is -0.435. The molecule has 5 heteroatoms. The summed E-state index contributed by atoms with van der Waals surface area (Å²) in [7, 11) is 1.76. The predicted molar refractivity (Wildman–Crippen MR) is 49.3 cm³/mol. The SMILES string of the molecule is CC(O)CN(C)CC(=O)NCCO. The van der Waals surface area contributed by atoms with Gasteiger partial charge in [-0.05, 0) is 14.0 Å². The van der Waals surface area contributed by atoms with Gasteiger partial charge in [0.1, 0.15) is 0 Å². The van der Waals surface area contributed by atoms with Crippen molar-refractivity contribution in [3.63, 3.8) is 0 Å². The summed E-state index contributed by atoms with van der Waals surface area (Å²) in [4.78, 5) is 12.8. The van der Waals surface area contributed by atoms with Gasteiger partial charge < -0.3 is 15.5 Å². The summed E-state index contributed by atoms with van der Waals surface area (Å²) in [5.41, 5.74) is 0. The average molecular weight is 190 g/mol. The van der Waals surface area contributed by atoms with E-state index >= 15 is 0 Å². The fourth-order valence-electron chi connectivity index (χ4n) is 1.01. The van der Waals surface area contributed by atoms with Gasteiger partial charge in [0.25, 0.3) is 0 Å². The highest BCUT2D eigenvalue weighted by atomic mass is 16.3. The van der Waals surface area contributed by atoms with Crippen molar-refractivity contribution in [2.24, 2.45) is 0 Å². The van der Waals surface area contributed by atoms with Gasteiger partial charge in [0.2, 0.25) is 5.91 Å². The van der Waals surface area contributed by atoms with E-state index in [1.807, 2.05) is 0 Å². The fourth-order valence-corrected chi connectivity index (χ4v) is 1.01. The van der Waals surface area contributed by atoms with Crippen LogP contribution >= 0.6 is 0 Å². The van der Waals surface area contributed by atoms with Crippen LogP contribution in [0.3, 0.4) is 0 Å². The predicted octanol–water partition coefficient (Wildman–Crippen LogP) is -1.59. The molecule has 1 unspecified atom stereocenters. The lowest BCUT2D eigenvalue weighted by molar-refractivity contribution is -0.122. The van der Waals surface area contributed by atoms with Crippen molar-refractivity contribution >= 4 is 5.91 Å². The quantitative estimate of drug-likeness (QED) is 0.472. The molecule has 0 spiro atoms. The van der Waals surface area contributed by atoms with E-state index in [2.05, 4.69) is 5.32 Å². The molecule has 0 aliphatic carbocycles. The summed E-state index contributed by atoms with van der Waals surface area (Å²) in [6.45, 7) is 2.60. The lowest BCUT2D eigenvalue weighted by Gasteiger charge is -2.17. The summed E-state index contributed by atoms with van der Waals surface area (Å²) in [5.74, 6) is -0.141. The van der Waals surface area contributed by atoms with Gasteiger partial charge in [-0.25, -0.2) is 0 Å². The topological polar surface area (TPSA) is 72.8 Å². The largest absolute Gasteiger partial charge is 0.395 e. The number of carbonyl (C=O) groups excluding carboxylic acids is 1. The van der Waals surface area contributed by atoms with Crippen molar-refractivity contribution in [1.29, 1.82) is 0 Å². The molecule has 13 heavy (non-hydrogen) atoms. The van der Waals surface area contributed by atoms with E-state index in [4.69, 9.17) is 10.2 Å². The van der Waals surface area contributed by atoms with Crippen LogP contribution in [0.25, 0.3) is 0 Å². The molecule has 0 bridgehead atoms. The average Bonchev–Trinajstić information content (AvgIpc) is 1.98. The van der Waals surface area contributed by atoms with Crippen LogP contribution in [0.15, 0.2) is 0 Å². The van der Waals surface area contributed by atoms with Gasteiger partial charge in [-0.15, -0.1) is 0 Å². The van der Waals surface area contributed by atoms with Crippen molar-refractivity contribution in [2.45, 2.75) is 13.0 Å². The molecule has 0 saturated heterocycles. The molecular formula is C8H18N2O3. The Bertz CT molecular complexity index is 150. The molecule has 1 amide bonds. The summed E-state index contributed by atoms with van der Waals surface area (Å²) < 4.78 is 0. The van der Waals surface area contributed by atoms with Crippen LogP contribution in [-0.2, 0) is 4.79 Å². The zero-order valence-electron chi connectivity index (χ0n) is 8.16. The van der Waals surface area contributed by atoms with E-state index in [0.717, 1.165) is 0 Å². The zero-order valence-corrected chi connectivity index (χ0v) is 8.16. The van der Waals surface area contributed by atoms with Crippen LogP contribution in [0.4, 0.5) is 0 Å². The smallest absolute Gasteiger partial charge is 0.234 e. The lowest BCUT2D eigenvalue weighted by Crippen LogP contribution is -2.38. The highest BCUT2D eigenvalue weighted by molar-refractivity contribution is 5.77. The molecule has 78 valence electrons. The lowest BCUT2D eigenvalue weighted by atomic mass is 10.3. The molecule has 0 aliphatic rings. The third-order valence-electron chi connectivity index (χ3n) is 1.42. The first kappa shape index (κ1) is 12.3. The molecule has 0 saturated carbocycles. The summed E-state index contributed by atoms with van der Waals surface area (Å²) in [6.07, 6.45) is -0.435. The molecule has 0 rings (SSSR count). The van der Waals surface area contributed by atoms with Crippen LogP contribution in [0.5, 0.6) is 0 Å². The first-order valence-electron chi connectivity index (χ1n) is 4.30. The van der Waals surface area contributed by atoms with Gasteiger partial charge in [-0.3, -0.25) is 9.69 Å². The molecule has 0 fully saturated rings. The van der Waals surface area contributed by atoms with Crippen molar-refractivity contribution < 1.29 is 15.0 Å². The normalized spacial score (nSPS) is 13.0. The van der Waals surface area contributed by atoms with Gasteiger partial charge >= 0.3 is 0 Å². The van der Waals surface area contributed by atoms with E-state index in [9.17, 15) is 4.79 Å². The summed E-state index contributed by atoms with van der Waals surface area (Å²) in [5, 5.41) is 19.9. The molecule has 0 aromatic heterocycles. The second-order valence-corrected chi connectivity index (χ2v) is 3.12. The maximum Gasteiger partial charge on any atom is 0.234 e. The molecular weight excluding hydrogens is 172 g/mol. The molecule has 0 heterocycles. The van der Waals surface area contributed by atoms with Crippen LogP contribution in [0.2, 0.25) is 0 Å². The van der Waals surface area contributed by atoms with Crippen LogP contribution in [0, 0.1) is 0 Å². The Kier molecular flexibility index (Phi) is 6.48. The Labute approximate surface area is 78.4 Å². The van der Waals surface area contributed by atoms with Crippen molar-refractivity contribution in [2.75, 3.05) is 33.3 Å². The first-order valence-corrected chi connectivity index (χ1v) is 4.30. The maximum atomic E-state index is 11.0. The van der Waals surface area contributed by atoms with Crippen LogP contribution in [-0.4, -0.2) is 60.4 Å². The number of aliphatic hydroxyl groups is 2. The van der Waals surface area contributed by atoms with E-state index in [1.165, 1.54) is 0 Å². The number of aliphatic hydroxyl groups excluding tert-OH is 2. The Hall–Kier alpha value is -0.650. The fraction of sp³-hybridized carbons (Fsp3) is 0.875. The number of hydrogen-bond acceptors (Lipinski definition) is 4. The number of nitrogens with zero attached hydrogens (tertiary/aromatic N) is 1. The van der Waals surface area contributed by atoms with Gasteiger partial charge in [0.05, 0.1) is 19.3 Å². The van der Waals surface area contributed by atoms with Gasteiger partial charge in [-0.1, -0.05) is 0 Å². The van der Waals surface area contributed by atoms with Gasteiger partial charge in [0, 0.05) is 13.1 Å². The maximum absolute atomic E-state index is 11.0. The number of amides is 1. The second kappa shape index (κ2) is 6.82. The summed E-state index contributed by atoms with van der Waals surface area (Å²) >= 11 is 0. The molecule has 5 nitrogen and oxygen atoms in total. The minimum Gasteiger partial charge on any atom is -0.395 e. The Balaban J connectivity index is 3.53. The molecule has 0 aromatic carbocycles. The highest BCUT2D eigenvalue weighted by Crippen LogP contribution is 1.86. The van der Waals surface area contributed by atoms with Crippen molar-refractivity contribution in [3.05, 3.63) is 0 Å². The Morgan fingerprint density at radius 3 is 2.69 bits per heavy atom. The number of rotatable bonds is 6. The van der Waals surface area contributed by atoms with Crippen LogP contribution < -0.4 is 5.32 Å². The van der Waals surface area contributed by atoms with Crippen LogP contribution in [0.1, 0.15) is 6.92 Å². The van der Waals surface area contributed by atoms with E-state index in [0.29, 0.717) is 6.54 Å². The van der Waals surface area contributed by atoms with Gasteiger partial charge in [-0.2, -0.15) is 0 Å². The molecule has 0 radical (unpaired) electrons. The Morgan fingerprint density at radius 2 is 2.23 bits per heavy atom.